The number of hydroxylamine groups is 3. The molecule has 0 amide bonds. The van der Waals surface area contributed by atoms with Gasteiger partial charge in [-0.15, -0.1) is 16.4 Å². The molecule has 21 heavy (non-hydrogen) atoms. The van der Waals surface area contributed by atoms with E-state index in [0.29, 0.717) is 16.3 Å². The van der Waals surface area contributed by atoms with Gasteiger partial charge in [0.25, 0.3) is 5.66 Å². The van der Waals surface area contributed by atoms with Crippen LogP contribution in [0.2, 0.25) is 5.02 Å². The second kappa shape index (κ2) is 5.10. The average Bonchev–Trinajstić information content (AvgIpc) is 3.04. The molecule has 0 fully saturated rings. The van der Waals surface area contributed by atoms with E-state index >= 15 is 0 Å². The van der Waals surface area contributed by atoms with Gasteiger partial charge in [0, 0.05) is 17.5 Å². The van der Waals surface area contributed by atoms with Crippen LogP contribution in [0.4, 0.5) is 0 Å². The van der Waals surface area contributed by atoms with E-state index in [-0.39, 0.29) is 6.04 Å². The maximum absolute atomic E-state index is 12.9. The second-order valence-corrected chi connectivity index (χ2v) is 6.59. The van der Waals surface area contributed by atoms with Crippen LogP contribution < -0.4 is 0 Å². The molecule has 0 saturated carbocycles. The highest BCUT2D eigenvalue weighted by molar-refractivity contribution is 7.12. The van der Waals surface area contributed by atoms with Gasteiger partial charge in [0.2, 0.25) is 5.71 Å². The maximum Gasteiger partial charge on any atom is 0.274 e. The van der Waals surface area contributed by atoms with Crippen molar-refractivity contribution in [2.75, 3.05) is 0 Å². The Balaban J connectivity index is 2.16. The summed E-state index contributed by atoms with van der Waals surface area (Å²) in [7, 11) is 0. The minimum absolute atomic E-state index is 0.387. The first kappa shape index (κ1) is 14.5. The Morgan fingerprint density at radius 2 is 2.00 bits per heavy atom. The molecule has 0 aliphatic carbocycles. The first-order chi connectivity index (χ1) is 9.96. The SMILES string of the molecule is C[C@@H]1C(c2cccs2)=[N+]([O-])[C@@](C)(c2ccc(Cl)cc2)N1O. The number of benzene rings is 1. The highest BCUT2D eigenvalue weighted by atomic mass is 35.5. The zero-order chi connectivity index (χ0) is 15.2. The smallest absolute Gasteiger partial charge is 0.274 e. The molecular weight excluding hydrogens is 308 g/mol. The first-order valence-electron chi connectivity index (χ1n) is 6.58. The van der Waals surface area contributed by atoms with Gasteiger partial charge in [0.15, 0.2) is 0 Å². The summed E-state index contributed by atoms with van der Waals surface area (Å²) in [6.45, 7) is 3.53. The molecule has 0 saturated heterocycles. The molecule has 0 spiro atoms. The normalized spacial score (nSPS) is 26.6. The fourth-order valence-electron chi connectivity index (χ4n) is 2.74. The molecule has 2 heterocycles. The van der Waals surface area contributed by atoms with Crippen LogP contribution in [-0.4, -0.2) is 26.8 Å². The molecule has 1 aliphatic rings. The van der Waals surface area contributed by atoms with Crippen molar-refractivity contribution in [2.24, 2.45) is 0 Å². The molecule has 0 radical (unpaired) electrons. The molecule has 3 rings (SSSR count). The standard InChI is InChI=1S/C15H15ClN2O2S/c1-10-14(13-4-3-9-21-13)18(20)15(2,17(10)19)11-5-7-12(16)8-6-11/h3-10,19H,1-2H3/t10-,15+/m1/s1. The van der Waals surface area contributed by atoms with Gasteiger partial charge < -0.3 is 10.4 Å². The Morgan fingerprint density at radius 1 is 1.33 bits per heavy atom. The van der Waals surface area contributed by atoms with Gasteiger partial charge in [-0.3, -0.25) is 0 Å². The lowest BCUT2D eigenvalue weighted by molar-refractivity contribution is -0.595. The Kier molecular flexibility index (Phi) is 3.53. The van der Waals surface area contributed by atoms with Crippen LogP contribution in [0.25, 0.3) is 0 Å². The maximum atomic E-state index is 12.9. The number of halogens is 1. The summed E-state index contributed by atoms with van der Waals surface area (Å²) in [5.41, 5.74) is 0.108. The summed E-state index contributed by atoms with van der Waals surface area (Å²) in [5.74, 6) is 0. The summed E-state index contributed by atoms with van der Waals surface area (Å²) in [6.07, 6.45) is 0. The summed E-state index contributed by atoms with van der Waals surface area (Å²) < 4.78 is 0.896. The predicted octanol–water partition coefficient (Wildman–Crippen LogP) is 3.67. The van der Waals surface area contributed by atoms with E-state index in [1.165, 1.54) is 11.3 Å². The summed E-state index contributed by atoms with van der Waals surface area (Å²) in [5, 5.41) is 27.0. The largest absolute Gasteiger partial charge is 0.622 e. The first-order valence-corrected chi connectivity index (χ1v) is 7.84. The number of nitrogens with zero attached hydrogens (tertiary/aromatic N) is 2. The fraction of sp³-hybridized carbons (Fsp3) is 0.267. The fourth-order valence-corrected chi connectivity index (χ4v) is 3.70. The van der Waals surface area contributed by atoms with Crippen LogP contribution >= 0.6 is 22.9 Å². The highest BCUT2D eigenvalue weighted by Crippen LogP contribution is 2.37. The minimum atomic E-state index is -1.16. The third-order valence-corrected chi connectivity index (χ3v) is 5.13. The van der Waals surface area contributed by atoms with Crippen LogP contribution in [0.1, 0.15) is 24.3 Å². The number of hydrogen-bond acceptors (Lipinski definition) is 4. The monoisotopic (exact) mass is 322 g/mol. The van der Waals surface area contributed by atoms with Crippen molar-refractivity contribution in [3.63, 3.8) is 0 Å². The Bertz CT molecular complexity index is 684. The molecule has 110 valence electrons. The lowest BCUT2D eigenvalue weighted by atomic mass is 10.0. The molecular formula is C15H15ClN2O2S. The third-order valence-electron chi connectivity index (χ3n) is 3.99. The zero-order valence-electron chi connectivity index (χ0n) is 11.7. The molecule has 1 aromatic heterocycles. The van der Waals surface area contributed by atoms with Gasteiger partial charge in [0.1, 0.15) is 6.04 Å². The number of rotatable bonds is 2. The van der Waals surface area contributed by atoms with Crippen molar-refractivity contribution in [1.82, 2.24) is 5.06 Å². The van der Waals surface area contributed by atoms with Gasteiger partial charge in [-0.05, 0) is 42.6 Å². The van der Waals surface area contributed by atoms with Gasteiger partial charge in [-0.25, -0.2) is 0 Å². The van der Waals surface area contributed by atoms with Crippen molar-refractivity contribution in [3.8, 4) is 0 Å². The van der Waals surface area contributed by atoms with Crippen molar-refractivity contribution in [2.45, 2.75) is 25.6 Å². The zero-order valence-corrected chi connectivity index (χ0v) is 13.2. The van der Waals surface area contributed by atoms with E-state index in [1.807, 2.05) is 24.4 Å². The van der Waals surface area contributed by atoms with E-state index in [1.54, 1.807) is 31.2 Å². The molecule has 1 aromatic carbocycles. The summed E-state index contributed by atoms with van der Waals surface area (Å²) in [4.78, 5) is 0.870. The van der Waals surface area contributed by atoms with E-state index in [9.17, 15) is 10.4 Å². The van der Waals surface area contributed by atoms with Crippen molar-refractivity contribution >= 4 is 28.6 Å². The van der Waals surface area contributed by atoms with Crippen LogP contribution in [0.5, 0.6) is 0 Å². The summed E-state index contributed by atoms with van der Waals surface area (Å²) in [6, 6.07) is 10.4. The quantitative estimate of drug-likeness (QED) is 0.678. The van der Waals surface area contributed by atoms with Crippen LogP contribution in [-0.2, 0) is 5.66 Å². The van der Waals surface area contributed by atoms with E-state index < -0.39 is 5.66 Å². The molecule has 2 atom stereocenters. The molecule has 2 aromatic rings. The third kappa shape index (κ3) is 2.08. The Morgan fingerprint density at radius 3 is 2.57 bits per heavy atom. The van der Waals surface area contributed by atoms with E-state index in [0.717, 1.165) is 14.7 Å². The van der Waals surface area contributed by atoms with Crippen molar-refractivity contribution in [1.29, 1.82) is 0 Å². The van der Waals surface area contributed by atoms with Crippen molar-refractivity contribution in [3.05, 3.63) is 62.4 Å². The topological polar surface area (TPSA) is 49.5 Å². The van der Waals surface area contributed by atoms with Gasteiger partial charge in [0.05, 0.1) is 4.88 Å². The average molecular weight is 323 g/mol. The molecule has 0 bridgehead atoms. The van der Waals surface area contributed by atoms with Crippen molar-refractivity contribution < 1.29 is 9.95 Å². The lowest BCUT2D eigenvalue weighted by Gasteiger charge is -2.29. The van der Waals surface area contributed by atoms with Crippen LogP contribution in [0.15, 0.2) is 41.8 Å². The van der Waals surface area contributed by atoms with E-state index in [2.05, 4.69) is 0 Å². The van der Waals surface area contributed by atoms with E-state index in [4.69, 9.17) is 11.6 Å². The summed E-state index contributed by atoms with van der Waals surface area (Å²) >= 11 is 7.39. The van der Waals surface area contributed by atoms with Gasteiger partial charge in [-0.2, -0.15) is 4.74 Å². The molecule has 6 heteroatoms. The minimum Gasteiger partial charge on any atom is -0.622 e. The predicted molar refractivity (Wildman–Crippen MR) is 83.9 cm³/mol. The van der Waals surface area contributed by atoms with Crippen LogP contribution in [0.3, 0.4) is 0 Å². The number of hydrogen-bond donors (Lipinski definition) is 1. The molecule has 4 nitrogen and oxygen atoms in total. The number of thiophene rings is 1. The highest BCUT2D eigenvalue weighted by Gasteiger charge is 2.54. The molecule has 1 aliphatic heterocycles. The molecule has 0 unspecified atom stereocenters. The van der Waals surface area contributed by atoms with Crippen LogP contribution in [0, 0.1) is 5.21 Å². The van der Waals surface area contributed by atoms with Gasteiger partial charge in [-0.1, -0.05) is 17.7 Å². The lowest BCUT2D eigenvalue weighted by Crippen LogP contribution is -2.45. The Hall–Kier alpha value is -1.40. The second-order valence-electron chi connectivity index (χ2n) is 5.21. The Labute approximate surface area is 132 Å². The van der Waals surface area contributed by atoms with Gasteiger partial charge >= 0.3 is 0 Å². The molecule has 1 N–H and O–H groups in total.